The molecule has 23 heavy (non-hydrogen) atoms. The van der Waals surface area contributed by atoms with E-state index in [4.69, 9.17) is 0 Å². The summed E-state index contributed by atoms with van der Waals surface area (Å²) in [5.41, 5.74) is 2.44. The molecule has 0 aliphatic carbocycles. The Balaban J connectivity index is 2.18. The van der Waals surface area contributed by atoms with E-state index in [1.165, 1.54) is 0 Å². The van der Waals surface area contributed by atoms with Gasteiger partial charge in [-0.2, -0.15) is 0 Å². The molecule has 2 aromatic rings. The monoisotopic (exact) mass is 331 g/mol. The van der Waals surface area contributed by atoms with Crippen molar-refractivity contribution in [3.63, 3.8) is 0 Å². The van der Waals surface area contributed by atoms with Gasteiger partial charge in [-0.15, -0.1) is 0 Å². The van der Waals surface area contributed by atoms with Crippen LogP contribution in [-0.4, -0.2) is 39.5 Å². The molecule has 0 aromatic heterocycles. The van der Waals surface area contributed by atoms with Crippen LogP contribution in [-0.2, 0) is 23.1 Å². The fourth-order valence-electron chi connectivity index (χ4n) is 2.39. The van der Waals surface area contributed by atoms with Gasteiger partial charge in [-0.3, -0.25) is 9.00 Å². The van der Waals surface area contributed by atoms with Gasteiger partial charge in [0, 0.05) is 41.5 Å². The van der Waals surface area contributed by atoms with Crippen LogP contribution < -0.4 is 0 Å². The summed E-state index contributed by atoms with van der Waals surface area (Å²) in [7, 11) is -0.949. The third kappa shape index (κ3) is 5.30. The molecule has 1 atom stereocenters. The van der Waals surface area contributed by atoms with Gasteiger partial charge in [0.1, 0.15) is 0 Å². The summed E-state index contributed by atoms with van der Waals surface area (Å²) in [4.78, 5) is 14.3. The topological polar surface area (TPSA) is 57.6 Å². The van der Waals surface area contributed by atoms with Crippen molar-refractivity contribution in [1.29, 1.82) is 0 Å². The lowest BCUT2D eigenvalue weighted by atomic mass is 10.1. The lowest BCUT2D eigenvalue weighted by Gasteiger charge is -2.22. The highest BCUT2D eigenvalue weighted by atomic mass is 32.2. The molecule has 1 unspecified atom stereocenters. The Kier molecular flexibility index (Phi) is 6.50. The number of hydrogen-bond donors (Lipinski definition) is 1. The second kappa shape index (κ2) is 8.60. The lowest BCUT2D eigenvalue weighted by molar-refractivity contribution is 0.0707. The zero-order valence-electron chi connectivity index (χ0n) is 13.1. The van der Waals surface area contributed by atoms with Crippen LogP contribution in [0.3, 0.4) is 0 Å². The number of aliphatic hydroxyl groups excluding tert-OH is 1. The van der Waals surface area contributed by atoms with Crippen molar-refractivity contribution in [1.82, 2.24) is 4.90 Å². The van der Waals surface area contributed by atoms with E-state index < -0.39 is 10.8 Å². The van der Waals surface area contributed by atoms with Gasteiger partial charge in [0.05, 0.1) is 6.61 Å². The van der Waals surface area contributed by atoms with Crippen LogP contribution in [0.1, 0.15) is 21.5 Å². The predicted octanol–water partition coefficient (Wildman–Crippen LogP) is 2.20. The van der Waals surface area contributed by atoms with Gasteiger partial charge < -0.3 is 10.0 Å². The first-order valence-electron chi connectivity index (χ1n) is 7.43. The average Bonchev–Trinajstić information content (AvgIpc) is 2.54. The Morgan fingerprint density at radius 1 is 1.09 bits per heavy atom. The number of rotatable bonds is 7. The van der Waals surface area contributed by atoms with Crippen LogP contribution in [0.15, 0.2) is 54.6 Å². The van der Waals surface area contributed by atoms with Crippen LogP contribution in [0.2, 0.25) is 0 Å². The molecule has 0 saturated carbocycles. The summed E-state index contributed by atoms with van der Waals surface area (Å²) in [6.45, 7) is 0.638. The Hall–Kier alpha value is -1.98. The summed E-state index contributed by atoms with van der Waals surface area (Å²) in [5, 5.41) is 9.25. The zero-order chi connectivity index (χ0) is 16.7. The molecule has 1 N–H and O–H groups in total. The molecule has 1 amide bonds. The second-order valence-electron chi connectivity index (χ2n) is 5.35. The average molecular weight is 331 g/mol. The van der Waals surface area contributed by atoms with Crippen LogP contribution in [0.4, 0.5) is 0 Å². The molecule has 122 valence electrons. The highest BCUT2D eigenvalue weighted by molar-refractivity contribution is 7.83. The van der Waals surface area contributed by atoms with E-state index in [0.29, 0.717) is 17.9 Å². The number of benzene rings is 2. The third-order valence-electron chi connectivity index (χ3n) is 3.42. The van der Waals surface area contributed by atoms with E-state index >= 15 is 0 Å². The van der Waals surface area contributed by atoms with Gasteiger partial charge in [-0.1, -0.05) is 42.5 Å². The molecule has 0 radical (unpaired) electrons. The fourth-order valence-corrected chi connectivity index (χ4v) is 3.04. The Morgan fingerprint density at radius 3 is 2.43 bits per heavy atom. The van der Waals surface area contributed by atoms with Crippen LogP contribution >= 0.6 is 0 Å². The summed E-state index contributed by atoms with van der Waals surface area (Å²) in [5.74, 6) is 0.298. The molecule has 0 heterocycles. The minimum Gasteiger partial charge on any atom is -0.395 e. The summed E-state index contributed by atoms with van der Waals surface area (Å²) < 4.78 is 11.4. The second-order valence-corrected chi connectivity index (χ2v) is 6.79. The fraction of sp³-hybridized carbons (Fsp3) is 0.278. The van der Waals surface area contributed by atoms with E-state index in [0.717, 1.165) is 11.1 Å². The first kappa shape index (κ1) is 17.4. The molecule has 5 heteroatoms. The standard InChI is InChI=1S/C18H21NO3S/c1-23(22)14-16-8-5-9-17(12-16)18(21)19(10-11-20)13-15-6-3-2-4-7-15/h2-9,12,20H,10-11,13-14H2,1H3. The quantitative estimate of drug-likeness (QED) is 0.846. The smallest absolute Gasteiger partial charge is 0.254 e. The first-order valence-corrected chi connectivity index (χ1v) is 9.16. The minimum absolute atomic E-state index is 0.0861. The van der Waals surface area contributed by atoms with Crippen molar-refractivity contribution < 1.29 is 14.1 Å². The zero-order valence-corrected chi connectivity index (χ0v) is 14.0. The summed E-state index contributed by atoms with van der Waals surface area (Å²) >= 11 is 0. The van der Waals surface area contributed by atoms with Gasteiger partial charge in [-0.25, -0.2) is 0 Å². The lowest BCUT2D eigenvalue weighted by Crippen LogP contribution is -2.33. The van der Waals surface area contributed by atoms with Gasteiger partial charge in [0.15, 0.2) is 0 Å². The molecule has 0 aliphatic heterocycles. The van der Waals surface area contributed by atoms with Crippen molar-refractivity contribution in [3.05, 3.63) is 71.3 Å². The molecule has 0 spiro atoms. The van der Waals surface area contributed by atoms with Crippen molar-refractivity contribution in [2.75, 3.05) is 19.4 Å². The number of nitrogens with zero attached hydrogens (tertiary/aromatic N) is 1. The van der Waals surface area contributed by atoms with E-state index in [-0.39, 0.29) is 19.1 Å². The van der Waals surface area contributed by atoms with Gasteiger partial charge in [0.2, 0.25) is 0 Å². The number of aliphatic hydroxyl groups is 1. The third-order valence-corrected chi connectivity index (χ3v) is 4.16. The van der Waals surface area contributed by atoms with Crippen molar-refractivity contribution in [2.24, 2.45) is 0 Å². The molecule has 0 fully saturated rings. The van der Waals surface area contributed by atoms with Crippen molar-refractivity contribution >= 4 is 16.7 Å². The van der Waals surface area contributed by atoms with Crippen LogP contribution in [0.25, 0.3) is 0 Å². The SMILES string of the molecule is CS(=O)Cc1cccc(C(=O)N(CCO)Cc2ccccc2)c1. The maximum absolute atomic E-state index is 12.7. The molecule has 4 nitrogen and oxygen atoms in total. The largest absolute Gasteiger partial charge is 0.395 e. The maximum atomic E-state index is 12.7. The van der Waals surface area contributed by atoms with E-state index in [1.807, 2.05) is 36.4 Å². The molecule has 2 rings (SSSR count). The number of amides is 1. The first-order chi connectivity index (χ1) is 11.1. The van der Waals surface area contributed by atoms with Crippen LogP contribution in [0, 0.1) is 0 Å². The molecular formula is C18H21NO3S. The highest BCUT2D eigenvalue weighted by Gasteiger charge is 2.16. The Morgan fingerprint density at radius 2 is 1.78 bits per heavy atom. The summed E-state index contributed by atoms with van der Waals surface area (Å²) in [6, 6.07) is 16.9. The number of carbonyl (C=O) groups excluding carboxylic acids is 1. The molecule has 0 saturated heterocycles. The molecule has 0 aliphatic rings. The van der Waals surface area contributed by atoms with E-state index in [9.17, 15) is 14.1 Å². The maximum Gasteiger partial charge on any atom is 0.254 e. The molecule has 2 aromatic carbocycles. The Labute approximate surface area is 139 Å². The van der Waals surface area contributed by atoms with Gasteiger partial charge >= 0.3 is 0 Å². The molecular weight excluding hydrogens is 310 g/mol. The van der Waals surface area contributed by atoms with Gasteiger partial charge in [-0.05, 0) is 23.3 Å². The van der Waals surface area contributed by atoms with Crippen molar-refractivity contribution in [3.8, 4) is 0 Å². The summed E-state index contributed by atoms with van der Waals surface area (Å²) in [6.07, 6.45) is 1.64. The van der Waals surface area contributed by atoms with E-state index in [1.54, 1.807) is 29.4 Å². The number of carbonyl (C=O) groups is 1. The Bertz CT molecular complexity index is 673. The highest BCUT2D eigenvalue weighted by Crippen LogP contribution is 2.13. The predicted molar refractivity (Wildman–Crippen MR) is 92.5 cm³/mol. The van der Waals surface area contributed by atoms with Gasteiger partial charge in [0.25, 0.3) is 5.91 Å². The van der Waals surface area contributed by atoms with E-state index in [2.05, 4.69) is 0 Å². The van der Waals surface area contributed by atoms with Crippen LogP contribution in [0.5, 0.6) is 0 Å². The normalized spacial score (nSPS) is 11.9. The molecule has 0 bridgehead atoms. The minimum atomic E-state index is -0.949. The van der Waals surface area contributed by atoms with Crippen molar-refractivity contribution in [2.45, 2.75) is 12.3 Å². The number of hydrogen-bond acceptors (Lipinski definition) is 3.